The summed E-state index contributed by atoms with van der Waals surface area (Å²) in [6.07, 6.45) is 0. The highest BCUT2D eigenvalue weighted by Crippen LogP contribution is 2.24. The lowest BCUT2D eigenvalue weighted by Crippen LogP contribution is -2.34. The first-order chi connectivity index (χ1) is 13.1. The summed E-state index contributed by atoms with van der Waals surface area (Å²) in [5.41, 5.74) is 2.08. The molecule has 0 saturated carbocycles. The van der Waals surface area contributed by atoms with Crippen molar-refractivity contribution in [3.63, 3.8) is 0 Å². The number of para-hydroxylation sites is 2. The minimum atomic E-state index is -0.374. The molecule has 136 valence electrons. The standard InChI is InChI=1S/C21H17ClN2O2S/c22-17-11-5-4-10-16(17)20(25)24-21(27)23-18-12-6-7-13-19(18)26-14-15-8-2-1-3-9-15/h1-13H,14H2,(H2,23,24,25,27). The summed E-state index contributed by atoms with van der Waals surface area (Å²) in [5, 5.41) is 6.15. The number of carbonyl (C=O) groups is 1. The molecule has 0 spiro atoms. The van der Waals surface area contributed by atoms with E-state index in [0.29, 0.717) is 28.6 Å². The van der Waals surface area contributed by atoms with Crippen molar-refractivity contribution in [2.75, 3.05) is 5.32 Å². The van der Waals surface area contributed by atoms with Crippen LogP contribution in [0.2, 0.25) is 5.02 Å². The number of nitrogens with one attached hydrogen (secondary N) is 2. The van der Waals surface area contributed by atoms with E-state index in [1.807, 2.05) is 54.6 Å². The maximum Gasteiger partial charge on any atom is 0.258 e. The van der Waals surface area contributed by atoms with Crippen LogP contribution in [0.3, 0.4) is 0 Å². The van der Waals surface area contributed by atoms with Crippen LogP contribution in [0.5, 0.6) is 5.75 Å². The number of amides is 1. The topological polar surface area (TPSA) is 50.4 Å². The molecule has 0 fully saturated rings. The normalized spacial score (nSPS) is 10.1. The van der Waals surface area contributed by atoms with Crippen LogP contribution in [0.25, 0.3) is 0 Å². The van der Waals surface area contributed by atoms with Crippen molar-refractivity contribution in [1.82, 2.24) is 5.32 Å². The van der Waals surface area contributed by atoms with E-state index < -0.39 is 0 Å². The number of ether oxygens (including phenoxy) is 1. The van der Waals surface area contributed by atoms with Crippen molar-refractivity contribution in [3.8, 4) is 5.75 Å². The maximum atomic E-state index is 12.3. The van der Waals surface area contributed by atoms with E-state index in [-0.39, 0.29) is 11.0 Å². The molecule has 0 atom stereocenters. The van der Waals surface area contributed by atoms with Gasteiger partial charge in [-0.1, -0.05) is 66.2 Å². The second-order valence-electron chi connectivity index (χ2n) is 5.66. The largest absolute Gasteiger partial charge is 0.487 e. The first-order valence-corrected chi connectivity index (χ1v) is 9.05. The monoisotopic (exact) mass is 396 g/mol. The molecule has 0 unspecified atom stereocenters. The molecule has 3 aromatic rings. The van der Waals surface area contributed by atoms with Crippen molar-refractivity contribution < 1.29 is 9.53 Å². The van der Waals surface area contributed by atoms with Gasteiger partial charge in [0.1, 0.15) is 12.4 Å². The number of rotatable bonds is 5. The number of halogens is 1. The Kier molecular flexibility index (Phi) is 6.41. The molecule has 2 N–H and O–H groups in total. The molecule has 3 rings (SSSR count). The average molecular weight is 397 g/mol. The molecule has 3 aromatic carbocycles. The Morgan fingerprint density at radius 1 is 0.926 bits per heavy atom. The van der Waals surface area contributed by atoms with Crippen molar-refractivity contribution >= 4 is 40.5 Å². The summed E-state index contributed by atoms with van der Waals surface area (Å²) < 4.78 is 5.88. The molecule has 6 heteroatoms. The van der Waals surface area contributed by atoms with E-state index in [0.717, 1.165) is 5.56 Å². The molecule has 0 bridgehead atoms. The fourth-order valence-corrected chi connectivity index (χ4v) is 2.82. The molecule has 27 heavy (non-hydrogen) atoms. The maximum absolute atomic E-state index is 12.3. The lowest BCUT2D eigenvalue weighted by molar-refractivity contribution is 0.0978. The van der Waals surface area contributed by atoms with E-state index in [1.54, 1.807) is 24.3 Å². The predicted molar refractivity (Wildman–Crippen MR) is 112 cm³/mol. The summed E-state index contributed by atoms with van der Waals surface area (Å²) in [6.45, 7) is 0.429. The SMILES string of the molecule is O=C(NC(=S)Nc1ccccc1OCc1ccccc1)c1ccccc1Cl. The number of hydrogen-bond acceptors (Lipinski definition) is 3. The molecule has 0 aliphatic rings. The summed E-state index contributed by atoms with van der Waals surface area (Å²) in [7, 11) is 0. The van der Waals surface area contributed by atoms with Crippen LogP contribution < -0.4 is 15.4 Å². The van der Waals surface area contributed by atoms with Gasteiger partial charge < -0.3 is 10.1 Å². The Balaban J connectivity index is 1.64. The Hall–Kier alpha value is -2.89. The third kappa shape index (κ3) is 5.29. The third-order valence-corrected chi connectivity index (χ3v) is 4.25. The van der Waals surface area contributed by atoms with Crippen molar-refractivity contribution in [3.05, 3.63) is 95.0 Å². The number of carbonyl (C=O) groups excluding carboxylic acids is 1. The van der Waals surface area contributed by atoms with Gasteiger partial charge in [-0.15, -0.1) is 0 Å². The van der Waals surface area contributed by atoms with Crippen molar-refractivity contribution in [2.24, 2.45) is 0 Å². The smallest absolute Gasteiger partial charge is 0.258 e. The molecule has 0 heterocycles. The predicted octanol–water partition coefficient (Wildman–Crippen LogP) is 5.05. The Morgan fingerprint density at radius 3 is 2.37 bits per heavy atom. The molecular weight excluding hydrogens is 380 g/mol. The first-order valence-electron chi connectivity index (χ1n) is 8.26. The molecule has 0 saturated heterocycles. The second-order valence-corrected chi connectivity index (χ2v) is 6.47. The number of hydrogen-bond donors (Lipinski definition) is 2. The van der Waals surface area contributed by atoms with Crippen LogP contribution >= 0.6 is 23.8 Å². The van der Waals surface area contributed by atoms with Crippen LogP contribution in [0.4, 0.5) is 5.69 Å². The number of anilines is 1. The zero-order chi connectivity index (χ0) is 19.1. The Bertz CT molecular complexity index is 948. The van der Waals surface area contributed by atoms with Gasteiger partial charge in [-0.2, -0.15) is 0 Å². The summed E-state index contributed by atoms with van der Waals surface area (Å²) >= 11 is 11.3. The molecule has 0 aliphatic heterocycles. The molecule has 0 aromatic heterocycles. The Morgan fingerprint density at radius 2 is 1.59 bits per heavy atom. The van der Waals surface area contributed by atoms with E-state index in [2.05, 4.69) is 10.6 Å². The highest BCUT2D eigenvalue weighted by atomic mass is 35.5. The lowest BCUT2D eigenvalue weighted by Gasteiger charge is -2.14. The van der Waals surface area contributed by atoms with E-state index in [9.17, 15) is 4.79 Å². The third-order valence-electron chi connectivity index (χ3n) is 3.72. The van der Waals surface area contributed by atoms with Crippen LogP contribution in [0.1, 0.15) is 15.9 Å². The summed E-state index contributed by atoms with van der Waals surface area (Å²) in [4.78, 5) is 12.3. The number of benzene rings is 3. The second kappa shape index (κ2) is 9.16. The average Bonchev–Trinajstić information content (AvgIpc) is 2.68. The van der Waals surface area contributed by atoms with Gasteiger partial charge in [-0.25, -0.2) is 0 Å². The minimum absolute atomic E-state index is 0.163. The number of thiocarbonyl (C=S) groups is 1. The van der Waals surface area contributed by atoms with E-state index in [1.165, 1.54) is 0 Å². The molecule has 0 radical (unpaired) electrons. The fourth-order valence-electron chi connectivity index (χ4n) is 2.40. The summed E-state index contributed by atoms with van der Waals surface area (Å²) in [5.74, 6) is 0.261. The van der Waals surface area contributed by atoms with Gasteiger partial charge >= 0.3 is 0 Å². The fraction of sp³-hybridized carbons (Fsp3) is 0.0476. The highest BCUT2D eigenvalue weighted by Gasteiger charge is 2.12. The zero-order valence-corrected chi connectivity index (χ0v) is 15.9. The molecule has 4 nitrogen and oxygen atoms in total. The molecular formula is C21H17ClN2O2S. The van der Waals surface area contributed by atoms with Crippen LogP contribution in [-0.4, -0.2) is 11.0 Å². The summed E-state index contributed by atoms with van der Waals surface area (Å²) in [6, 6.07) is 24.0. The highest BCUT2D eigenvalue weighted by molar-refractivity contribution is 7.80. The van der Waals surface area contributed by atoms with Gasteiger partial charge in [-0.3, -0.25) is 10.1 Å². The molecule has 0 aliphatic carbocycles. The Labute approximate surface area is 168 Å². The van der Waals surface area contributed by atoms with Crippen LogP contribution in [0.15, 0.2) is 78.9 Å². The first kappa shape index (κ1) is 18.9. The van der Waals surface area contributed by atoms with Crippen LogP contribution in [0, 0.1) is 0 Å². The van der Waals surface area contributed by atoms with Gasteiger partial charge in [0, 0.05) is 0 Å². The van der Waals surface area contributed by atoms with Crippen molar-refractivity contribution in [2.45, 2.75) is 6.61 Å². The van der Waals surface area contributed by atoms with E-state index >= 15 is 0 Å². The van der Waals surface area contributed by atoms with Gasteiger partial charge in [0.2, 0.25) is 0 Å². The van der Waals surface area contributed by atoms with E-state index in [4.69, 9.17) is 28.6 Å². The van der Waals surface area contributed by atoms with Crippen LogP contribution in [-0.2, 0) is 6.61 Å². The minimum Gasteiger partial charge on any atom is -0.487 e. The molecule has 1 amide bonds. The zero-order valence-electron chi connectivity index (χ0n) is 14.3. The van der Waals surface area contributed by atoms with Gasteiger partial charge in [0.05, 0.1) is 16.3 Å². The van der Waals surface area contributed by atoms with Gasteiger partial charge in [0.25, 0.3) is 5.91 Å². The van der Waals surface area contributed by atoms with Gasteiger partial charge in [-0.05, 0) is 42.0 Å². The lowest BCUT2D eigenvalue weighted by atomic mass is 10.2. The van der Waals surface area contributed by atoms with Crippen molar-refractivity contribution in [1.29, 1.82) is 0 Å². The van der Waals surface area contributed by atoms with Gasteiger partial charge in [0.15, 0.2) is 5.11 Å². The quantitative estimate of drug-likeness (QED) is 0.593.